The minimum Gasteiger partial charge on any atom is -0.481 e. The van der Waals surface area contributed by atoms with Crippen molar-refractivity contribution in [3.63, 3.8) is 0 Å². The summed E-state index contributed by atoms with van der Waals surface area (Å²) in [5, 5.41) is 28.7. The summed E-state index contributed by atoms with van der Waals surface area (Å²) in [5.41, 5.74) is 0.530. The number of carboxylic acid groups (broad SMARTS) is 2. The summed E-state index contributed by atoms with van der Waals surface area (Å²) in [6, 6.07) is 7.05. The van der Waals surface area contributed by atoms with Crippen molar-refractivity contribution < 1.29 is 24.7 Å². The van der Waals surface area contributed by atoms with Gasteiger partial charge in [0.05, 0.1) is 18.8 Å². The van der Waals surface area contributed by atoms with Crippen LogP contribution in [0.15, 0.2) is 30.3 Å². The molecule has 0 bridgehead atoms. The first-order chi connectivity index (χ1) is 9.41. The Bertz CT molecular complexity index is 487. The Kier molecular flexibility index (Phi) is 5.64. The van der Waals surface area contributed by atoms with Gasteiger partial charge in [0.2, 0.25) is 6.04 Å². The van der Waals surface area contributed by atoms with Gasteiger partial charge in [-0.05, 0) is 5.56 Å². The molecule has 108 valence electrons. The number of nitro groups is 1. The van der Waals surface area contributed by atoms with Crippen LogP contribution in [0.3, 0.4) is 0 Å². The molecule has 0 fully saturated rings. The number of hydrogen-bond donors (Lipinski definition) is 2. The molecule has 20 heavy (non-hydrogen) atoms. The second-order valence-corrected chi connectivity index (χ2v) is 4.40. The predicted octanol–water partition coefficient (Wildman–Crippen LogP) is 1.75. The minimum atomic E-state index is -1.23. The van der Waals surface area contributed by atoms with Crippen LogP contribution in [0, 0.1) is 10.1 Å². The van der Waals surface area contributed by atoms with E-state index in [0.29, 0.717) is 5.56 Å². The number of rotatable bonds is 8. The number of carboxylic acids is 2. The van der Waals surface area contributed by atoms with E-state index < -0.39 is 35.2 Å². The molecule has 0 aliphatic heterocycles. The monoisotopic (exact) mass is 281 g/mol. The lowest BCUT2D eigenvalue weighted by atomic mass is 9.86. The first-order valence-electron chi connectivity index (χ1n) is 6.04. The van der Waals surface area contributed by atoms with Crippen LogP contribution < -0.4 is 0 Å². The van der Waals surface area contributed by atoms with Crippen molar-refractivity contribution in [2.75, 3.05) is 0 Å². The van der Waals surface area contributed by atoms with Gasteiger partial charge in [-0.15, -0.1) is 0 Å². The summed E-state index contributed by atoms with van der Waals surface area (Å²) in [4.78, 5) is 32.0. The molecule has 0 aliphatic rings. The molecule has 0 heterocycles. The van der Waals surface area contributed by atoms with Crippen molar-refractivity contribution >= 4 is 11.9 Å². The van der Waals surface area contributed by atoms with Gasteiger partial charge in [0.25, 0.3) is 0 Å². The van der Waals surface area contributed by atoms with Crippen molar-refractivity contribution in [1.29, 1.82) is 0 Å². The lowest BCUT2D eigenvalue weighted by Crippen LogP contribution is -2.30. The maximum atomic E-state index is 11.1. The van der Waals surface area contributed by atoms with E-state index in [-0.39, 0.29) is 12.8 Å². The predicted molar refractivity (Wildman–Crippen MR) is 69.1 cm³/mol. The van der Waals surface area contributed by atoms with E-state index in [4.69, 9.17) is 10.2 Å². The second kappa shape index (κ2) is 7.22. The zero-order valence-corrected chi connectivity index (χ0v) is 10.6. The first kappa shape index (κ1) is 15.6. The van der Waals surface area contributed by atoms with Crippen LogP contribution in [-0.4, -0.2) is 33.1 Å². The molecule has 0 radical (unpaired) electrons. The molecule has 0 aromatic heterocycles. The Labute approximate surface area is 115 Å². The Morgan fingerprint density at radius 3 is 2.20 bits per heavy atom. The molecule has 0 saturated carbocycles. The molecule has 0 saturated heterocycles. The summed E-state index contributed by atoms with van der Waals surface area (Å²) >= 11 is 0. The molecular weight excluding hydrogens is 266 g/mol. The summed E-state index contributed by atoms with van der Waals surface area (Å²) < 4.78 is 0. The third kappa shape index (κ3) is 4.68. The van der Waals surface area contributed by atoms with Crippen molar-refractivity contribution in [3.8, 4) is 0 Å². The molecule has 7 nitrogen and oxygen atoms in total. The normalized spacial score (nSPS) is 13.4. The molecule has 7 heteroatoms. The van der Waals surface area contributed by atoms with Gasteiger partial charge in [-0.25, -0.2) is 0 Å². The molecule has 2 unspecified atom stereocenters. The average Bonchev–Trinajstić information content (AvgIpc) is 2.37. The van der Waals surface area contributed by atoms with E-state index in [1.807, 2.05) is 0 Å². The van der Waals surface area contributed by atoms with Crippen LogP contribution in [0.4, 0.5) is 0 Å². The largest absolute Gasteiger partial charge is 0.481 e. The van der Waals surface area contributed by atoms with Gasteiger partial charge in [-0.3, -0.25) is 19.7 Å². The fourth-order valence-electron chi connectivity index (χ4n) is 2.09. The van der Waals surface area contributed by atoms with Gasteiger partial charge in [0.1, 0.15) is 0 Å². The Balaban J connectivity index is 3.01. The van der Waals surface area contributed by atoms with E-state index in [9.17, 15) is 19.7 Å². The zero-order valence-electron chi connectivity index (χ0n) is 10.6. The quantitative estimate of drug-likeness (QED) is 0.553. The highest BCUT2D eigenvalue weighted by molar-refractivity contribution is 5.68. The van der Waals surface area contributed by atoms with Crippen molar-refractivity contribution in [2.45, 2.75) is 31.2 Å². The Hall–Kier alpha value is -2.44. The number of nitrogens with zero attached hydrogens (tertiary/aromatic N) is 1. The van der Waals surface area contributed by atoms with Crippen LogP contribution in [0.2, 0.25) is 0 Å². The van der Waals surface area contributed by atoms with Gasteiger partial charge >= 0.3 is 11.9 Å². The Morgan fingerprint density at radius 2 is 1.75 bits per heavy atom. The maximum Gasteiger partial charge on any atom is 0.304 e. The summed E-state index contributed by atoms with van der Waals surface area (Å²) in [7, 11) is 0. The van der Waals surface area contributed by atoms with E-state index in [1.165, 1.54) is 0 Å². The number of benzene rings is 1. The SMILES string of the molecule is O=C(O)CCC(C(CC(=O)O)c1ccccc1)[N+](=O)[O-]. The second-order valence-electron chi connectivity index (χ2n) is 4.40. The Morgan fingerprint density at radius 1 is 1.15 bits per heavy atom. The molecule has 1 rings (SSSR count). The molecule has 0 amide bonds. The van der Waals surface area contributed by atoms with Crippen LogP contribution >= 0.6 is 0 Å². The molecule has 1 aromatic rings. The highest BCUT2D eigenvalue weighted by Gasteiger charge is 2.34. The standard InChI is InChI=1S/C13H15NO6/c15-12(16)7-6-11(14(19)20)10(8-13(17)18)9-4-2-1-3-5-9/h1-5,10-11H,6-8H2,(H,15,16)(H,17,18). The lowest BCUT2D eigenvalue weighted by Gasteiger charge is -2.19. The lowest BCUT2D eigenvalue weighted by molar-refractivity contribution is -0.527. The molecule has 1 aromatic carbocycles. The van der Waals surface area contributed by atoms with E-state index >= 15 is 0 Å². The topological polar surface area (TPSA) is 118 Å². The van der Waals surface area contributed by atoms with Crippen LogP contribution in [-0.2, 0) is 9.59 Å². The number of carbonyl (C=O) groups is 2. The van der Waals surface area contributed by atoms with Crippen LogP contribution in [0.25, 0.3) is 0 Å². The van der Waals surface area contributed by atoms with Gasteiger partial charge in [-0.1, -0.05) is 30.3 Å². The van der Waals surface area contributed by atoms with Gasteiger partial charge < -0.3 is 10.2 Å². The number of aliphatic carboxylic acids is 2. The summed E-state index contributed by atoms with van der Waals surface area (Å²) in [6.07, 6.45) is -0.973. The fraction of sp³-hybridized carbons (Fsp3) is 0.385. The summed E-state index contributed by atoms with van der Waals surface area (Å²) in [5.74, 6) is -3.14. The molecule has 0 spiro atoms. The van der Waals surface area contributed by atoms with Crippen molar-refractivity contribution in [2.24, 2.45) is 0 Å². The van der Waals surface area contributed by atoms with E-state index in [1.54, 1.807) is 30.3 Å². The van der Waals surface area contributed by atoms with Crippen LogP contribution in [0.5, 0.6) is 0 Å². The molecule has 2 N–H and O–H groups in total. The average molecular weight is 281 g/mol. The van der Waals surface area contributed by atoms with Gasteiger partial charge in [-0.2, -0.15) is 0 Å². The highest BCUT2D eigenvalue weighted by atomic mass is 16.6. The third-order valence-electron chi connectivity index (χ3n) is 3.01. The van der Waals surface area contributed by atoms with Crippen molar-refractivity contribution in [3.05, 3.63) is 46.0 Å². The minimum absolute atomic E-state index is 0.199. The third-order valence-corrected chi connectivity index (χ3v) is 3.01. The van der Waals surface area contributed by atoms with E-state index in [0.717, 1.165) is 0 Å². The first-order valence-corrected chi connectivity index (χ1v) is 6.04. The smallest absolute Gasteiger partial charge is 0.304 e. The molecule has 0 aliphatic carbocycles. The van der Waals surface area contributed by atoms with Crippen LogP contribution in [0.1, 0.15) is 30.7 Å². The van der Waals surface area contributed by atoms with Gasteiger partial charge in [0, 0.05) is 11.3 Å². The maximum absolute atomic E-state index is 11.1. The van der Waals surface area contributed by atoms with Crippen molar-refractivity contribution in [1.82, 2.24) is 0 Å². The van der Waals surface area contributed by atoms with Gasteiger partial charge in [0.15, 0.2) is 0 Å². The zero-order chi connectivity index (χ0) is 15.1. The highest BCUT2D eigenvalue weighted by Crippen LogP contribution is 2.28. The van der Waals surface area contributed by atoms with E-state index in [2.05, 4.69) is 0 Å². The number of hydrogen-bond acceptors (Lipinski definition) is 4. The molecule has 2 atom stereocenters. The summed E-state index contributed by atoms with van der Waals surface area (Å²) in [6.45, 7) is 0. The fourth-order valence-corrected chi connectivity index (χ4v) is 2.09. The molecular formula is C13H15NO6.